The molecule has 5 rings (SSSR count). The molecule has 4 aromatic rings. The van der Waals surface area contributed by atoms with Gasteiger partial charge in [-0.15, -0.1) is 11.3 Å². The quantitative estimate of drug-likeness (QED) is 0.523. The summed E-state index contributed by atoms with van der Waals surface area (Å²) < 4.78 is 3.22. The van der Waals surface area contributed by atoms with Crippen LogP contribution in [0.1, 0.15) is 23.3 Å². The number of benzene rings is 1. The van der Waals surface area contributed by atoms with Crippen molar-refractivity contribution in [2.75, 3.05) is 0 Å². The van der Waals surface area contributed by atoms with Gasteiger partial charge in [-0.2, -0.15) is 9.61 Å². The standard InChI is InChI=1S/C17H13ClN4OS/c18-10-5-7-11(8-6-10)21-9-19-22-16(23)14-12-3-1-2-4-13(12)24-15(14)20-17(21)22/h5-9H,1-4H2. The molecule has 0 atom stereocenters. The van der Waals surface area contributed by atoms with Crippen LogP contribution < -0.4 is 5.56 Å². The Bertz CT molecular complexity index is 1140. The van der Waals surface area contributed by atoms with Gasteiger partial charge < -0.3 is 0 Å². The van der Waals surface area contributed by atoms with Crippen LogP contribution in [0.5, 0.6) is 0 Å². The number of aromatic nitrogens is 4. The SMILES string of the molecule is O=c1c2c3c(sc2nc2n(-c4ccc(Cl)cc4)cnn12)CCCC3. The number of hydrogen-bond donors (Lipinski definition) is 0. The van der Waals surface area contributed by atoms with E-state index < -0.39 is 0 Å². The smallest absolute Gasteiger partial charge is 0.267 e. The lowest BCUT2D eigenvalue weighted by atomic mass is 9.97. The molecule has 1 aliphatic carbocycles. The minimum atomic E-state index is -0.0675. The summed E-state index contributed by atoms with van der Waals surface area (Å²) in [5, 5.41) is 5.70. The lowest BCUT2D eigenvalue weighted by Crippen LogP contribution is -2.17. The largest absolute Gasteiger partial charge is 0.284 e. The number of aryl methyl sites for hydroxylation is 2. The van der Waals surface area contributed by atoms with Gasteiger partial charge in [-0.25, -0.2) is 4.98 Å². The third-order valence-corrected chi connectivity index (χ3v) is 5.99. The minimum Gasteiger partial charge on any atom is -0.267 e. The molecule has 1 aromatic carbocycles. The van der Waals surface area contributed by atoms with Crippen molar-refractivity contribution in [2.45, 2.75) is 25.7 Å². The molecule has 7 heteroatoms. The van der Waals surface area contributed by atoms with E-state index in [4.69, 9.17) is 16.6 Å². The summed E-state index contributed by atoms with van der Waals surface area (Å²) >= 11 is 7.61. The Labute approximate surface area is 146 Å². The van der Waals surface area contributed by atoms with Gasteiger partial charge in [-0.1, -0.05) is 11.6 Å². The topological polar surface area (TPSA) is 52.2 Å². The van der Waals surface area contributed by atoms with Crippen LogP contribution in [-0.4, -0.2) is 19.2 Å². The zero-order valence-corrected chi connectivity index (χ0v) is 14.3. The van der Waals surface area contributed by atoms with Crippen molar-refractivity contribution in [3.05, 3.63) is 56.4 Å². The molecule has 3 aromatic heterocycles. The lowest BCUT2D eigenvalue weighted by molar-refractivity contribution is 0.699. The number of thiophene rings is 1. The second kappa shape index (κ2) is 5.16. The van der Waals surface area contributed by atoms with Crippen LogP contribution in [-0.2, 0) is 12.8 Å². The van der Waals surface area contributed by atoms with Gasteiger partial charge in [0, 0.05) is 9.90 Å². The second-order valence-corrected chi connectivity index (χ2v) is 7.52. The molecule has 5 nitrogen and oxygen atoms in total. The third kappa shape index (κ3) is 1.96. The summed E-state index contributed by atoms with van der Waals surface area (Å²) in [6, 6.07) is 7.40. The highest BCUT2D eigenvalue weighted by Crippen LogP contribution is 2.33. The number of nitrogens with zero attached hydrogens (tertiary/aromatic N) is 4. The number of rotatable bonds is 1. The summed E-state index contributed by atoms with van der Waals surface area (Å²) in [6.07, 6.45) is 5.98. The van der Waals surface area contributed by atoms with Gasteiger partial charge in [0.2, 0.25) is 5.78 Å². The second-order valence-electron chi connectivity index (χ2n) is 6.00. The Morgan fingerprint density at radius 1 is 1.12 bits per heavy atom. The van der Waals surface area contributed by atoms with Crippen molar-refractivity contribution in [1.29, 1.82) is 0 Å². The first kappa shape index (κ1) is 14.2. The maximum absolute atomic E-state index is 13.0. The maximum atomic E-state index is 13.0. The Morgan fingerprint density at radius 3 is 2.75 bits per heavy atom. The molecule has 0 saturated carbocycles. The first-order chi connectivity index (χ1) is 11.7. The lowest BCUT2D eigenvalue weighted by Gasteiger charge is -2.09. The highest BCUT2D eigenvalue weighted by Gasteiger charge is 2.21. The molecule has 120 valence electrons. The molecule has 24 heavy (non-hydrogen) atoms. The first-order valence-electron chi connectivity index (χ1n) is 7.89. The van der Waals surface area contributed by atoms with Crippen molar-refractivity contribution in [2.24, 2.45) is 0 Å². The van der Waals surface area contributed by atoms with Crippen LogP contribution in [0.25, 0.3) is 21.7 Å². The van der Waals surface area contributed by atoms with Gasteiger partial charge in [0.1, 0.15) is 11.2 Å². The molecule has 0 bridgehead atoms. The van der Waals surface area contributed by atoms with Crippen LogP contribution in [0.15, 0.2) is 35.4 Å². The summed E-state index contributed by atoms with van der Waals surface area (Å²) in [5.41, 5.74) is 2.00. The Morgan fingerprint density at radius 2 is 1.92 bits per heavy atom. The van der Waals surface area contributed by atoms with Crippen LogP contribution in [0.4, 0.5) is 0 Å². The van der Waals surface area contributed by atoms with E-state index in [0.717, 1.165) is 35.2 Å². The first-order valence-corrected chi connectivity index (χ1v) is 9.08. The van der Waals surface area contributed by atoms with Crippen molar-refractivity contribution in [3.63, 3.8) is 0 Å². The Kier molecular flexibility index (Phi) is 3.05. The van der Waals surface area contributed by atoms with Crippen LogP contribution >= 0.6 is 22.9 Å². The van der Waals surface area contributed by atoms with E-state index in [1.807, 2.05) is 28.8 Å². The van der Waals surface area contributed by atoms with Gasteiger partial charge in [-0.05, 0) is 55.5 Å². The molecule has 0 aliphatic heterocycles. The molecule has 3 heterocycles. The highest BCUT2D eigenvalue weighted by molar-refractivity contribution is 7.18. The van der Waals surface area contributed by atoms with E-state index in [0.29, 0.717) is 10.8 Å². The fraction of sp³-hybridized carbons (Fsp3) is 0.235. The molecule has 0 saturated heterocycles. The monoisotopic (exact) mass is 356 g/mol. The van der Waals surface area contributed by atoms with Gasteiger partial charge in [0.25, 0.3) is 5.56 Å². The van der Waals surface area contributed by atoms with E-state index >= 15 is 0 Å². The summed E-state index contributed by atoms with van der Waals surface area (Å²) in [7, 11) is 0. The number of halogens is 1. The molecule has 0 unspecified atom stereocenters. The van der Waals surface area contributed by atoms with Crippen LogP contribution in [0.3, 0.4) is 0 Å². The van der Waals surface area contributed by atoms with Gasteiger partial charge in [-0.3, -0.25) is 9.36 Å². The molecular formula is C17H13ClN4OS. The maximum Gasteiger partial charge on any atom is 0.284 e. The van der Waals surface area contributed by atoms with E-state index in [-0.39, 0.29) is 5.56 Å². The van der Waals surface area contributed by atoms with E-state index in [1.165, 1.54) is 21.4 Å². The van der Waals surface area contributed by atoms with E-state index in [2.05, 4.69) is 5.10 Å². The zero-order valence-electron chi connectivity index (χ0n) is 12.7. The van der Waals surface area contributed by atoms with Crippen LogP contribution in [0, 0.1) is 0 Å². The predicted molar refractivity (Wildman–Crippen MR) is 95.6 cm³/mol. The molecular weight excluding hydrogens is 344 g/mol. The minimum absolute atomic E-state index is 0.0675. The summed E-state index contributed by atoms with van der Waals surface area (Å²) in [5.74, 6) is 0.536. The third-order valence-electron chi connectivity index (χ3n) is 4.55. The fourth-order valence-electron chi connectivity index (χ4n) is 3.38. The molecule has 1 aliphatic rings. The molecule has 0 N–H and O–H groups in total. The molecule has 0 radical (unpaired) electrons. The highest BCUT2D eigenvalue weighted by atomic mass is 35.5. The van der Waals surface area contributed by atoms with E-state index in [1.54, 1.807) is 17.7 Å². The normalized spacial score (nSPS) is 14.4. The Balaban J connectivity index is 1.82. The van der Waals surface area contributed by atoms with Crippen molar-refractivity contribution >= 4 is 38.9 Å². The van der Waals surface area contributed by atoms with Gasteiger partial charge in [0.05, 0.1) is 11.1 Å². The number of fused-ring (bicyclic) bond motifs is 4. The zero-order chi connectivity index (χ0) is 16.3. The van der Waals surface area contributed by atoms with Crippen molar-refractivity contribution < 1.29 is 0 Å². The van der Waals surface area contributed by atoms with Crippen molar-refractivity contribution in [3.8, 4) is 5.69 Å². The van der Waals surface area contributed by atoms with Gasteiger partial charge in [0.15, 0.2) is 0 Å². The predicted octanol–water partition coefficient (Wildman–Crippen LogP) is 3.63. The summed E-state index contributed by atoms with van der Waals surface area (Å²) in [6.45, 7) is 0. The number of hydrogen-bond acceptors (Lipinski definition) is 4. The summed E-state index contributed by atoms with van der Waals surface area (Å²) in [4.78, 5) is 19.8. The Hall–Kier alpha value is -2.18. The van der Waals surface area contributed by atoms with Crippen molar-refractivity contribution in [1.82, 2.24) is 19.2 Å². The average Bonchev–Trinajstić information content (AvgIpc) is 3.17. The fourth-order valence-corrected chi connectivity index (χ4v) is 4.76. The molecule has 0 spiro atoms. The van der Waals surface area contributed by atoms with Crippen LogP contribution in [0.2, 0.25) is 5.02 Å². The molecule has 0 amide bonds. The van der Waals surface area contributed by atoms with Gasteiger partial charge >= 0.3 is 0 Å². The average molecular weight is 357 g/mol. The molecule has 0 fully saturated rings. The van der Waals surface area contributed by atoms with E-state index in [9.17, 15) is 4.79 Å².